The Bertz CT molecular complexity index is 865. The van der Waals surface area contributed by atoms with E-state index in [-0.39, 0.29) is 0 Å². The number of alkyl halides is 1. The number of rotatable bonds is 10. The van der Waals surface area contributed by atoms with E-state index < -0.39 is 0 Å². The molecule has 0 saturated carbocycles. The van der Waals surface area contributed by atoms with E-state index in [1.807, 2.05) is 0 Å². The second-order valence-electron chi connectivity index (χ2n) is 7.94. The molecule has 0 aliphatic rings. The summed E-state index contributed by atoms with van der Waals surface area (Å²) in [5.41, 5.74) is 8.29. The van der Waals surface area contributed by atoms with Crippen molar-refractivity contribution in [1.82, 2.24) is 0 Å². The fourth-order valence-corrected chi connectivity index (χ4v) is 4.15. The Balaban J connectivity index is 1.86. The first-order valence-electron chi connectivity index (χ1n) is 11.1. The third-order valence-electron chi connectivity index (χ3n) is 5.72. The van der Waals surface area contributed by atoms with E-state index in [1.54, 1.807) is 0 Å². The van der Waals surface area contributed by atoms with E-state index in [9.17, 15) is 0 Å². The van der Waals surface area contributed by atoms with Crippen molar-refractivity contribution in [3.63, 3.8) is 0 Å². The minimum atomic E-state index is 0.738. The third-order valence-corrected chi connectivity index (χ3v) is 7.22. The van der Waals surface area contributed by atoms with Crippen LogP contribution in [0, 0.1) is 0 Å². The molecule has 0 amide bonds. The molecule has 0 saturated heterocycles. The van der Waals surface area contributed by atoms with Gasteiger partial charge < -0.3 is 0 Å². The number of hydrogen-bond donors (Lipinski definition) is 0. The lowest BCUT2D eigenvalue weighted by Gasteiger charge is -2.14. The van der Waals surface area contributed by atoms with E-state index in [1.165, 1.54) is 71.9 Å². The number of benzene rings is 3. The van der Waals surface area contributed by atoms with Gasteiger partial charge in [-0.05, 0) is 65.5 Å². The zero-order valence-electron chi connectivity index (χ0n) is 17.8. The summed E-state index contributed by atoms with van der Waals surface area (Å²) in [6, 6.07) is 27.1. The van der Waals surface area contributed by atoms with Crippen molar-refractivity contribution < 1.29 is 0 Å². The molecule has 3 aromatic carbocycles. The SMILES string of the molecule is CCCCCc1ccc(-c2ccc(-c3ccccc3)c(CCC(I)CC)c2)cc1. The van der Waals surface area contributed by atoms with Crippen molar-refractivity contribution in [2.75, 3.05) is 0 Å². The number of halogens is 1. The van der Waals surface area contributed by atoms with Gasteiger partial charge in [-0.3, -0.25) is 0 Å². The fourth-order valence-electron chi connectivity index (χ4n) is 3.84. The molecule has 152 valence electrons. The van der Waals surface area contributed by atoms with E-state index in [0.29, 0.717) is 0 Å². The quantitative estimate of drug-likeness (QED) is 0.149. The molecule has 0 nitrogen and oxygen atoms in total. The van der Waals surface area contributed by atoms with Crippen LogP contribution in [0.1, 0.15) is 57.1 Å². The molecule has 0 N–H and O–H groups in total. The largest absolute Gasteiger partial charge is 0.0826 e. The summed E-state index contributed by atoms with van der Waals surface area (Å²) in [5, 5.41) is 0. The maximum atomic E-state index is 2.60. The highest BCUT2D eigenvalue weighted by atomic mass is 127. The average Bonchev–Trinajstić information content (AvgIpc) is 2.78. The Morgan fingerprint density at radius 1 is 0.724 bits per heavy atom. The van der Waals surface area contributed by atoms with Crippen LogP contribution in [0.15, 0.2) is 72.8 Å². The normalized spacial score (nSPS) is 12.1. The molecule has 1 heteroatoms. The summed E-state index contributed by atoms with van der Waals surface area (Å²) < 4.78 is 0.738. The van der Waals surface area contributed by atoms with Gasteiger partial charge in [0.05, 0.1) is 0 Å². The third kappa shape index (κ3) is 6.44. The van der Waals surface area contributed by atoms with Crippen molar-refractivity contribution in [2.45, 2.75) is 62.7 Å². The smallest absolute Gasteiger partial charge is 0.0110 e. The number of hydrogen-bond acceptors (Lipinski definition) is 0. The summed E-state index contributed by atoms with van der Waals surface area (Å²) in [6.07, 6.45) is 8.69. The first-order chi connectivity index (χ1) is 14.2. The fraction of sp³-hybridized carbons (Fsp3) is 0.357. The lowest BCUT2D eigenvalue weighted by Crippen LogP contribution is -2.00. The van der Waals surface area contributed by atoms with E-state index in [4.69, 9.17) is 0 Å². The van der Waals surface area contributed by atoms with Crippen LogP contribution in [0.3, 0.4) is 0 Å². The molecule has 0 heterocycles. The predicted molar refractivity (Wildman–Crippen MR) is 137 cm³/mol. The minimum Gasteiger partial charge on any atom is -0.0826 e. The molecule has 1 unspecified atom stereocenters. The molecular formula is C28H33I. The average molecular weight is 496 g/mol. The molecule has 0 bridgehead atoms. The van der Waals surface area contributed by atoms with Gasteiger partial charge in [0, 0.05) is 3.92 Å². The Morgan fingerprint density at radius 2 is 1.45 bits per heavy atom. The van der Waals surface area contributed by atoms with Crippen LogP contribution in [0.25, 0.3) is 22.3 Å². The van der Waals surface area contributed by atoms with Gasteiger partial charge >= 0.3 is 0 Å². The summed E-state index contributed by atoms with van der Waals surface area (Å²) in [4.78, 5) is 0. The Hall–Kier alpha value is -1.61. The lowest BCUT2D eigenvalue weighted by molar-refractivity contribution is 0.717. The van der Waals surface area contributed by atoms with Gasteiger partial charge in [-0.1, -0.05) is 122 Å². The zero-order chi connectivity index (χ0) is 20.5. The van der Waals surface area contributed by atoms with Crippen LogP contribution in [0.5, 0.6) is 0 Å². The Labute approximate surface area is 190 Å². The first-order valence-corrected chi connectivity index (χ1v) is 12.4. The summed E-state index contributed by atoms with van der Waals surface area (Å²) in [5.74, 6) is 0. The molecule has 0 aromatic heterocycles. The highest BCUT2D eigenvalue weighted by Gasteiger charge is 2.10. The van der Waals surface area contributed by atoms with E-state index in [2.05, 4.69) is 109 Å². The highest BCUT2D eigenvalue weighted by Crippen LogP contribution is 2.31. The van der Waals surface area contributed by atoms with Crippen LogP contribution < -0.4 is 0 Å². The molecule has 0 fully saturated rings. The van der Waals surface area contributed by atoms with E-state index >= 15 is 0 Å². The monoisotopic (exact) mass is 496 g/mol. The maximum absolute atomic E-state index is 2.60. The second kappa shape index (κ2) is 11.5. The molecule has 1 atom stereocenters. The first kappa shape index (κ1) is 22.1. The number of aryl methyl sites for hydroxylation is 2. The summed E-state index contributed by atoms with van der Waals surface area (Å²) in [6.45, 7) is 4.55. The molecule has 0 spiro atoms. The highest BCUT2D eigenvalue weighted by molar-refractivity contribution is 14.1. The summed E-state index contributed by atoms with van der Waals surface area (Å²) >= 11 is 2.60. The molecule has 0 aliphatic carbocycles. The van der Waals surface area contributed by atoms with Gasteiger partial charge in [0.1, 0.15) is 0 Å². The lowest BCUT2D eigenvalue weighted by atomic mass is 9.92. The summed E-state index contributed by atoms with van der Waals surface area (Å²) in [7, 11) is 0. The van der Waals surface area contributed by atoms with Gasteiger partial charge in [-0.2, -0.15) is 0 Å². The van der Waals surface area contributed by atoms with Crippen molar-refractivity contribution >= 4 is 22.6 Å². The van der Waals surface area contributed by atoms with Gasteiger partial charge in [0.15, 0.2) is 0 Å². The van der Waals surface area contributed by atoms with Crippen LogP contribution in [0.4, 0.5) is 0 Å². The van der Waals surface area contributed by atoms with Crippen LogP contribution in [-0.4, -0.2) is 3.92 Å². The van der Waals surface area contributed by atoms with Gasteiger partial charge in [-0.15, -0.1) is 0 Å². The minimum absolute atomic E-state index is 0.738. The van der Waals surface area contributed by atoms with Crippen LogP contribution in [-0.2, 0) is 12.8 Å². The van der Waals surface area contributed by atoms with Crippen molar-refractivity contribution in [3.05, 3.63) is 83.9 Å². The van der Waals surface area contributed by atoms with Crippen LogP contribution in [0.2, 0.25) is 0 Å². The molecular weight excluding hydrogens is 463 g/mol. The molecule has 3 rings (SSSR count). The number of unbranched alkanes of at least 4 members (excludes halogenated alkanes) is 2. The Kier molecular flexibility index (Phi) is 8.79. The molecule has 3 aromatic rings. The molecule has 0 radical (unpaired) electrons. The van der Waals surface area contributed by atoms with Gasteiger partial charge in [-0.25, -0.2) is 0 Å². The predicted octanol–water partition coefficient (Wildman–Crippen LogP) is 8.90. The van der Waals surface area contributed by atoms with Crippen LogP contribution >= 0.6 is 22.6 Å². The topological polar surface area (TPSA) is 0 Å². The van der Waals surface area contributed by atoms with Crippen molar-refractivity contribution in [3.8, 4) is 22.3 Å². The standard InChI is InChI=1S/C28H33I/c1-3-5-7-10-22-13-15-23(16-14-22)25-18-20-28(24-11-8-6-9-12-24)26(21-25)17-19-27(29)4-2/h6,8-9,11-16,18,20-21,27H,3-5,7,10,17,19H2,1-2H3. The second-order valence-corrected chi connectivity index (χ2v) is 9.70. The van der Waals surface area contributed by atoms with Crippen molar-refractivity contribution in [2.24, 2.45) is 0 Å². The molecule has 29 heavy (non-hydrogen) atoms. The zero-order valence-corrected chi connectivity index (χ0v) is 20.0. The maximum Gasteiger partial charge on any atom is 0.0110 e. The van der Waals surface area contributed by atoms with Gasteiger partial charge in [0.25, 0.3) is 0 Å². The van der Waals surface area contributed by atoms with Crippen molar-refractivity contribution in [1.29, 1.82) is 0 Å². The molecule has 0 aliphatic heterocycles. The Morgan fingerprint density at radius 3 is 2.14 bits per heavy atom. The van der Waals surface area contributed by atoms with Gasteiger partial charge in [0.2, 0.25) is 0 Å². The van der Waals surface area contributed by atoms with E-state index in [0.717, 1.165) is 10.3 Å².